The highest BCUT2D eigenvalue weighted by atomic mass is 35.5. The Hall–Kier alpha value is -2.02. The molecule has 1 unspecified atom stereocenters. The van der Waals surface area contributed by atoms with Gasteiger partial charge in [-0.15, -0.1) is 0 Å². The van der Waals surface area contributed by atoms with Crippen LogP contribution in [0.2, 0.25) is 10.0 Å². The molecule has 1 atom stereocenters. The van der Waals surface area contributed by atoms with E-state index in [4.69, 9.17) is 32.7 Å². The van der Waals surface area contributed by atoms with E-state index in [1.54, 1.807) is 18.2 Å². The minimum Gasteiger partial charge on any atom is -0.492 e. The Balaban J connectivity index is 1.14. The summed E-state index contributed by atoms with van der Waals surface area (Å²) in [6.07, 6.45) is 4.18. The van der Waals surface area contributed by atoms with Crippen molar-refractivity contribution in [2.24, 2.45) is 5.92 Å². The zero-order valence-electron chi connectivity index (χ0n) is 17.7. The summed E-state index contributed by atoms with van der Waals surface area (Å²) in [6, 6.07) is 10.2. The highest BCUT2D eigenvalue weighted by molar-refractivity contribution is 6.31. The van der Waals surface area contributed by atoms with Crippen LogP contribution in [-0.2, 0) is 4.79 Å². The molecule has 1 saturated carbocycles. The van der Waals surface area contributed by atoms with Gasteiger partial charge in [-0.2, -0.15) is 0 Å². The number of benzene rings is 2. The molecule has 172 valence electrons. The Labute approximate surface area is 197 Å². The molecule has 4 rings (SSSR count). The van der Waals surface area contributed by atoms with Gasteiger partial charge in [-0.1, -0.05) is 23.2 Å². The summed E-state index contributed by atoms with van der Waals surface area (Å²) in [5.74, 6) is 1.21. The summed E-state index contributed by atoms with van der Waals surface area (Å²) in [5, 5.41) is 7.47. The zero-order valence-corrected chi connectivity index (χ0v) is 19.2. The largest absolute Gasteiger partial charge is 0.492 e. The number of carbonyl (C=O) groups excluding carboxylic acids is 1. The first-order chi connectivity index (χ1) is 15.5. The van der Waals surface area contributed by atoms with E-state index in [0.717, 1.165) is 31.4 Å². The smallest absolute Gasteiger partial charge is 0.175 e. The van der Waals surface area contributed by atoms with Crippen LogP contribution in [0.4, 0.5) is 10.1 Å². The maximum Gasteiger partial charge on any atom is 0.175 e. The minimum absolute atomic E-state index is 0.0896. The van der Waals surface area contributed by atoms with Crippen molar-refractivity contribution in [3.8, 4) is 11.5 Å². The molecule has 32 heavy (non-hydrogen) atoms. The third-order valence-electron chi connectivity index (χ3n) is 6.08. The SMILES string of the molecule is O=C(CC1CCC(NCCOc2ccc(Cl)c(F)c2)CC1)C1CNc2cc(Cl)ccc2O1. The third kappa shape index (κ3) is 6.06. The lowest BCUT2D eigenvalue weighted by Crippen LogP contribution is -2.40. The Morgan fingerprint density at radius 1 is 1.16 bits per heavy atom. The first-order valence-corrected chi connectivity index (χ1v) is 11.8. The molecule has 1 fully saturated rings. The van der Waals surface area contributed by atoms with Gasteiger partial charge in [0.05, 0.1) is 17.3 Å². The number of ether oxygens (including phenoxy) is 2. The average molecular weight is 481 g/mol. The zero-order chi connectivity index (χ0) is 22.5. The van der Waals surface area contributed by atoms with Crippen LogP contribution >= 0.6 is 23.2 Å². The Bertz CT molecular complexity index is 951. The molecule has 2 aromatic rings. The molecule has 1 aliphatic carbocycles. The minimum atomic E-state index is -0.479. The molecule has 2 aliphatic rings. The number of halogens is 3. The predicted octanol–water partition coefficient (Wildman–Crippen LogP) is 5.49. The molecule has 2 aromatic carbocycles. The molecule has 0 saturated heterocycles. The van der Waals surface area contributed by atoms with Crippen LogP contribution in [0.5, 0.6) is 11.5 Å². The van der Waals surface area contributed by atoms with E-state index < -0.39 is 11.9 Å². The van der Waals surface area contributed by atoms with Crippen molar-refractivity contribution in [1.82, 2.24) is 5.32 Å². The molecule has 1 heterocycles. The van der Waals surface area contributed by atoms with E-state index >= 15 is 0 Å². The molecule has 2 N–H and O–H groups in total. The average Bonchev–Trinajstić information content (AvgIpc) is 2.79. The maximum absolute atomic E-state index is 13.4. The van der Waals surface area contributed by atoms with Crippen molar-refractivity contribution < 1.29 is 18.7 Å². The fraction of sp³-hybridized carbons (Fsp3) is 0.458. The highest BCUT2D eigenvalue weighted by Gasteiger charge is 2.29. The standard InChI is InChI=1S/C24H27Cl2FN2O3/c25-16-3-8-23-21(12-16)29-14-24(32-23)22(30)11-15-1-4-17(5-2-15)28-9-10-31-18-6-7-19(26)20(27)13-18/h3,6-8,12-13,15,17,24,28-29H,1-2,4-5,9-11,14H2. The van der Waals surface area contributed by atoms with Crippen LogP contribution in [-0.4, -0.2) is 37.6 Å². The maximum atomic E-state index is 13.4. The third-order valence-corrected chi connectivity index (χ3v) is 6.62. The van der Waals surface area contributed by atoms with Crippen LogP contribution in [0, 0.1) is 11.7 Å². The molecule has 0 spiro atoms. The summed E-state index contributed by atoms with van der Waals surface area (Å²) in [6.45, 7) is 1.61. The van der Waals surface area contributed by atoms with Crippen molar-refractivity contribution >= 4 is 34.7 Å². The molecule has 5 nitrogen and oxygen atoms in total. The van der Waals surface area contributed by atoms with Crippen molar-refractivity contribution in [1.29, 1.82) is 0 Å². The van der Waals surface area contributed by atoms with Crippen LogP contribution in [0.3, 0.4) is 0 Å². The number of Topliss-reactive ketones (excluding diaryl/α,β-unsaturated/α-hetero) is 1. The Kier molecular flexibility index (Phi) is 7.76. The van der Waals surface area contributed by atoms with E-state index in [2.05, 4.69) is 10.6 Å². The summed E-state index contributed by atoms with van der Waals surface area (Å²) >= 11 is 11.7. The van der Waals surface area contributed by atoms with Gasteiger partial charge in [-0.25, -0.2) is 4.39 Å². The van der Waals surface area contributed by atoms with E-state index in [1.165, 1.54) is 12.1 Å². The number of anilines is 1. The second-order valence-electron chi connectivity index (χ2n) is 8.39. The molecule has 1 aliphatic heterocycles. The van der Waals surface area contributed by atoms with Gasteiger partial charge in [0.25, 0.3) is 0 Å². The van der Waals surface area contributed by atoms with Crippen molar-refractivity contribution in [3.05, 3.63) is 52.3 Å². The highest BCUT2D eigenvalue weighted by Crippen LogP contribution is 2.33. The van der Waals surface area contributed by atoms with Crippen molar-refractivity contribution in [2.75, 3.05) is 25.0 Å². The van der Waals surface area contributed by atoms with Gasteiger partial charge in [0.15, 0.2) is 11.9 Å². The fourth-order valence-corrected chi connectivity index (χ4v) is 4.60. The topological polar surface area (TPSA) is 59.6 Å². The van der Waals surface area contributed by atoms with E-state index in [1.807, 2.05) is 6.07 Å². The van der Waals surface area contributed by atoms with E-state index in [9.17, 15) is 9.18 Å². The van der Waals surface area contributed by atoms with Gasteiger partial charge in [0.1, 0.15) is 23.9 Å². The number of hydrogen-bond donors (Lipinski definition) is 2. The lowest BCUT2D eigenvalue weighted by molar-refractivity contribution is -0.126. The Morgan fingerprint density at radius 3 is 2.75 bits per heavy atom. The van der Waals surface area contributed by atoms with Gasteiger partial charge in [0.2, 0.25) is 0 Å². The van der Waals surface area contributed by atoms with Crippen LogP contribution in [0.1, 0.15) is 32.1 Å². The van der Waals surface area contributed by atoms with E-state index in [-0.39, 0.29) is 10.8 Å². The number of hydrogen-bond acceptors (Lipinski definition) is 5. The molecule has 0 aromatic heterocycles. The lowest BCUT2D eigenvalue weighted by atomic mass is 9.82. The monoisotopic (exact) mass is 480 g/mol. The van der Waals surface area contributed by atoms with Crippen LogP contribution in [0.15, 0.2) is 36.4 Å². The quantitative estimate of drug-likeness (QED) is 0.489. The van der Waals surface area contributed by atoms with Crippen LogP contribution < -0.4 is 20.1 Å². The normalized spacial score (nSPS) is 22.4. The summed E-state index contributed by atoms with van der Waals surface area (Å²) in [4.78, 5) is 12.8. The number of carbonyl (C=O) groups is 1. The summed E-state index contributed by atoms with van der Waals surface area (Å²) in [7, 11) is 0. The second kappa shape index (κ2) is 10.7. The van der Waals surface area contributed by atoms with Gasteiger partial charge in [0, 0.05) is 30.1 Å². The number of fused-ring (bicyclic) bond motifs is 1. The molecule has 0 amide bonds. The van der Waals surface area contributed by atoms with Gasteiger partial charge >= 0.3 is 0 Å². The van der Waals surface area contributed by atoms with Gasteiger partial charge < -0.3 is 20.1 Å². The first-order valence-electron chi connectivity index (χ1n) is 11.0. The lowest BCUT2D eigenvalue weighted by Gasteiger charge is -2.31. The summed E-state index contributed by atoms with van der Waals surface area (Å²) in [5.41, 5.74) is 0.832. The Morgan fingerprint density at radius 2 is 1.97 bits per heavy atom. The first kappa shape index (κ1) is 23.1. The van der Waals surface area contributed by atoms with Gasteiger partial charge in [-0.05, 0) is 61.9 Å². The molecule has 0 bridgehead atoms. The summed E-state index contributed by atoms with van der Waals surface area (Å²) < 4.78 is 24.9. The molecule has 0 radical (unpaired) electrons. The second-order valence-corrected chi connectivity index (χ2v) is 9.24. The molecule has 8 heteroatoms. The number of nitrogens with one attached hydrogen (secondary N) is 2. The predicted molar refractivity (Wildman–Crippen MR) is 125 cm³/mol. The number of rotatable bonds is 8. The molecular formula is C24H27Cl2FN2O3. The van der Waals surface area contributed by atoms with Crippen molar-refractivity contribution in [2.45, 2.75) is 44.2 Å². The van der Waals surface area contributed by atoms with Gasteiger partial charge in [-0.3, -0.25) is 4.79 Å². The fourth-order valence-electron chi connectivity index (χ4n) is 4.31. The van der Waals surface area contributed by atoms with E-state index in [0.29, 0.717) is 54.6 Å². The van der Waals surface area contributed by atoms with Crippen LogP contribution in [0.25, 0.3) is 0 Å². The number of ketones is 1. The van der Waals surface area contributed by atoms with Crippen molar-refractivity contribution in [3.63, 3.8) is 0 Å². The molecular weight excluding hydrogens is 454 g/mol.